The summed E-state index contributed by atoms with van der Waals surface area (Å²) >= 11 is 6.10. The lowest BCUT2D eigenvalue weighted by molar-refractivity contribution is 0.1000. The van der Waals surface area contributed by atoms with Gasteiger partial charge >= 0.3 is 0 Å². The summed E-state index contributed by atoms with van der Waals surface area (Å²) in [5, 5.41) is 3.45. The van der Waals surface area contributed by atoms with E-state index >= 15 is 0 Å². The molecule has 0 aliphatic carbocycles. The van der Waals surface area contributed by atoms with Gasteiger partial charge in [0.1, 0.15) is 11.9 Å². The Morgan fingerprint density at radius 3 is 3.04 bits per heavy atom. The van der Waals surface area contributed by atoms with E-state index < -0.39 is 5.91 Å². The fraction of sp³-hybridized carbons (Fsp3) is 0.312. The molecule has 0 bridgehead atoms. The number of ether oxygens (including phenoxy) is 2. The molecule has 3 N–H and O–H groups in total. The summed E-state index contributed by atoms with van der Waals surface area (Å²) in [7, 11) is 0. The number of hydrogen-bond donors (Lipinski definition) is 2. The van der Waals surface area contributed by atoms with Crippen LogP contribution in [0, 0.1) is 0 Å². The molecule has 0 spiro atoms. The molecule has 0 saturated carbocycles. The van der Waals surface area contributed by atoms with Crippen molar-refractivity contribution >= 4 is 23.3 Å². The average molecular weight is 349 g/mol. The van der Waals surface area contributed by atoms with Crippen molar-refractivity contribution in [2.45, 2.75) is 19.1 Å². The first kappa shape index (κ1) is 16.5. The number of nitrogens with two attached hydrogens (primary N) is 1. The Balaban J connectivity index is 1.63. The van der Waals surface area contributed by atoms with Crippen molar-refractivity contribution in [2.75, 3.05) is 18.5 Å². The highest BCUT2D eigenvalue weighted by molar-refractivity contribution is 6.33. The number of hydrogen-bond acceptors (Lipinski definition) is 6. The molecular formula is C16H17ClN4O3. The predicted octanol–water partition coefficient (Wildman–Crippen LogP) is 2.01. The number of halogens is 1. The van der Waals surface area contributed by atoms with Crippen molar-refractivity contribution < 1.29 is 14.3 Å². The maximum Gasteiger partial charge on any atom is 0.250 e. The van der Waals surface area contributed by atoms with Crippen LogP contribution in [0.25, 0.3) is 0 Å². The topological polar surface area (TPSA) is 99.4 Å². The number of primary amides is 1. The highest BCUT2D eigenvalue weighted by atomic mass is 35.5. The second kappa shape index (κ2) is 7.46. The molecule has 0 aromatic carbocycles. The van der Waals surface area contributed by atoms with E-state index in [1.807, 2.05) is 12.1 Å². The summed E-state index contributed by atoms with van der Waals surface area (Å²) < 4.78 is 11.1. The quantitative estimate of drug-likeness (QED) is 0.828. The van der Waals surface area contributed by atoms with Crippen LogP contribution in [0.2, 0.25) is 5.02 Å². The summed E-state index contributed by atoms with van der Waals surface area (Å²) in [6.07, 6.45) is 4.00. The van der Waals surface area contributed by atoms with Crippen molar-refractivity contribution in [1.29, 1.82) is 0 Å². The van der Waals surface area contributed by atoms with E-state index in [0.29, 0.717) is 29.9 Å². The zero-order valence-electron chi connectivity index (χ0n) is 12.9. The molecule has 8 heteroatoms. The van der Waals surface area contributed by atoms with Crippen molar-refractivity contribution in [3.63, 3.8) is 0 Å². The Morgan fingerprint density at radius 1 is 1.46 bits per heavy atom. The smallest absolute Gasteiger partial charge is 0.250 e. The summed E-state index contributed by atoms with van der Waals surface area (Å²) in [5.74, 6) is 0.473. The Kier molecular flexibility index (Phi) is 5.12. The van der Waals surface area contributed by atoms with Crippen LogP contribution in [0.4, 0.5) is 5.82 Å². The second-order valence-corrected chi connectivity index (χ2v) is 5.79. The molecular weight excluding hydrogens is 332 g/mol. The van der Waals surface area contributed by atoms with Crippen LogP contribution in [-0.2, 0) is 11.3 Å². The number of carbonyl (C=O) groups is 1. The van der Waals surface area contributed by atoms with E-state index in [1.165, 1.54) is 12.3 Å². The standard InChI is InChI=1S/C16H17ClN4O3/c17-13-6-11(15(18)22)8-21-16(13)20-7-10-1-3-19-14(5-10)24-12-2-4-23-9-12/h1,3,5-6,8,12H,2,4,7,9H2,(H2,18,22)(H,20,21). The first-order chi connectivity index (χ1) is 11.6. The van der Waals surface area contributed by atoms with Gasteiger partial charge in [-0.05, 0) is 17.7 Å². The van der Waals surface area contributed by atoms with Gasteiger partial charge in [-0.25, -0.2) is 9.97 Å². The number of anilines is 1. The number of carbonyl (C=O) groups excluding carboxylic acids is 1. The van der Waals surface area contributed by atoms with Gasteiger partial charge in [0, 0.05) is 31.4 Å². The Morgan fingerprint density at radius 2 is 2.33 bits per heavy atom. The molecule has 1 atom stereocenters. The molecule has 2 aromatic heterocycles. The summed E-state index contributed by atoms with van der Waals surface area (Å²) in [6, 6.07) is 5.22. The van der Waals surface area contributed by atoms with Gasteiger partial charge < -0.3 is 20.5 Å². The van der Waals surface area contributed by atoms with E-state index in [1.54, 1.807) is 6.20 Å². The molecule has 1 unspecified atom stereocenters. The van der Waals surface area contributed by atoms with Crippen LogP contribution in [0.3, 0.4) is 0 Å². The van der Waals surface area contributed by atoms with E-state index in [0.717, 1.165) is 18.6 Å². The normalized spacial score (nSPS) is 16.8. The van der Waals surface area contributed by atoms with Crippen LogP contribution < -0.4 is 15.8 Å². The molecule has 2 aromatic rings. The fourth-order valence-corrected chi connectivity index (χ4v) is 2.52. The van der Waals surface area contributed by atoms with Crippen LogP contribution >= 0.6 is 11.6 Å². The highest BCUT2D eigenvalue weighted by Crippen LogP contribution is 2.21. The zero-order chi connectivity index (χ0) is 16.9. The molecule has 126 valence electrons. The van der Waals surface area contributed by atoms with Crippen LogP contribution in [0.15, 0.2) is 30.6 Å². The second-order valence-electron chi connectivity index (χ2n) is 5.38. The monoisotopic (exact) mass is 348 g/mol. The molecule has 3 heterocycles. The average Bonchev–Trinajstić information content (AvgIpc) is 3.07. The van der Waals surface area contributed by atoms with Gasteiger partial charge in [-0.3, -0.25) is 4.79 Å². The molecule has 7 nitrogen and oxygen atoms in total. The highest BCUT2D eigenvalue weighted by Gasteiger charge is 2.17. The lowest BCUT2D eigenvalue weighted by Gasteiger charge is -2.12. The number of amides is 1. The number of rotatable bonds is 6. The summed E-state index contributed by atoms with van der Waals surface area (Å²) in [5.41, 5.74) is 6.43. The Labute approximate surface area is 144 Å². The molecule has 1 aliphatic heterocycles. The van der Waals surface area contributed by atoms with Gasteiger partial charge in [-0.1, -0.05) is 11.6 Å². The third-order valence-corrected chi connectivity index (χ3v) is 3.85. The third-order valence-electron chi connectivity index (χ3n) is 3.56. The third kappa shape index (κ3) is 4.12. The fourth-order valence-electron chi connectivity index (χ4n) is 2.29. The molecule has 3 rings (SSSR count). The van der Waals surface area contributed by atoms with Crippen molar-refractivity contribution in [3.05, 3.63) is 46.7 Å². The van der Waals surface area contributed by atoms with Gasteiger partial charge in [0.15, 0.2) is 0 Å². The Bertz CT molecular complexity index is 735. The SMILES string of the molecule is NC(=O)c1cnc(NCc2ccnc(OC3CCOC3)c2)c(Cl)c1. The molecule has 1 fully saturated rings. The van der Waals surface area contributed by atoms with Crippen LogP contribution in [0.5, 0.6) is 5.88 Å². The number of pyridine rings is 2. The number of nitrogens with zero attached hydrogens (tertiary/aromatic N) is 2. The van der Waals surface area contributed by atoms with Crippen molar-refractivity contribution in [1.82, 2.24) is 9.97 Å². The van der Waals surface area contributed by atoms with Crippen LogP contribution in [-0.4, -0.2) is 35.2 Å². The Hall–Kier alpha value is -2.38. The summed E-state index contributed by atoms with van der Waals surface area (Å²) in [6.45, 7) is 1.80. The molecule has 1 aliphatic rings. The predicted molar refractivity (Wildman–Crippen MR) is 89.2 cm³/mol. The minimum Gasteiger partial charge on any atom is -0.472 e. The van der Waals surface area contributed by atoms with Gasteiger partial charge in [-0.2, -0.15) is 0 Å². The van der Waals surface area contributed by atoms with Gasteiger partial charge in [0.25, 0.3) is 0 Å². The first-order valence-corrected chi connectivity index (χ1v) is 7.88. The zero-order valence-corrected chi connectivity index (χ0v) is 13.6. The van der Waals surface area contributed by atoms with Crippen molar-refractivity contribution in [2.24, 2.45) is 5.73 Å². The van der Waals surface area contributed by atoms with E-state index in [9.17, 15) is 4.79 Å². The van der Waals surface area contributed by atoms with E-state index in [4.69, 9.17) is 26.8 Å². The first-order valence-electron chi connectivity index (χ1n) is 7.50. The van der Waals surface area contributed by atoms with Gasteiger partial charge in [-0.15, -0.1) is 0 Å². The van der Waals surface area contributed by atoms with E-state index in [-0.39, 0.29) is 11.7 Å². The van der Waals surface area contributed by atoms with Gasteiger partial charge in [0.05, 0.1) is 23.8 Å². The molecule has 1 saturated heterocycles. The molecule has 1 amide bonds. The van der Waals surface area contributed by atoms with Gasteiger partial charge in [0.2, 0.25) is 11.8 Å². The van der Waals surface area contributed by atoms with Crippen LogP contribution in [0.1, 0.15) is 22.3 Å². The minimum absolute atomic E-state index is 0.0539. The number of nitrogens with one attached hydrogen (secondary N) is 1. The lowest BCUT2D eigenvalue weighted by atomic mass is 10.2. The largest absolute Gasteiger partial charge is 0.472 e. The van der Waals surface area contributed by atoms with Crippen molar-refractivity contribution in [3.8, 4) is 5.88 Å². The van der Waals surface area contributed by atoms with E-state index in [2.05, 4.69) is 15.3 Å². The lowest BCUT2D eigenvalue weighted by Crippen LogP contribution is -2.16. The number of aromatic nitrogens is 2. The molecule has 0 radical (unpaired) electrons. The maximum atomic E-state index is 11.1. The molecule has 24 heavy (non-hydrogen) atoms. The minimum atomic E-state index is -0.567. The maximum absolute atomic E-state index is 11.1. The summed E-state index contributed by atoms with van der Waals surface area (Å²) in [4.78, 5) is 19.4.